The van der Waals surface area contributed by atoms with Crippen molar-refractivity contribution in [2.75, 3.05) is 6.26 Å². The molecule has 0 unspecified atom stereocenters. The molecule has 0 saturated carbocycles. The van der Waals surface area contributed by atoms with Crippen LogP contribution in [-0.2, 0) is 6.42 Å². The molecule has 0 aromatic carbocycles. The second-order valence-electron chi connectivity index (χ2n) is 2.35. The van der Waals surface area contributed by atoms with Gasteiger partial charge in [0.2, 0.25) is 0 Å². The van der Waals surface area contributed by atoms with Gasteiger partial charge in [0.1, 0.15) is 11.4 Å². The molecule has 3 heteroatoms. The minimum atomic E-state index is 0.964. The molecule has 0 fully saturated rings. The van der Waals surface area contributed by atoms with Crippen molar-refractivity contribution in [1.29, 1.82) is 0 Å². The standard InChI is InChI=1S/C8H8N2S/c1-11-8-6-3-2-4-7(6)9-5-10-8/h2-3,5H,4H2,1H3. The number of nitrogens with zero attached hydrogens (tertiary/aromatic N) is 2. The van der Waals surface area contributed by atoms with Crippen molar-refractivity contribution in [3.8, 4) is 0 Å². The average Bonchev–Trinajstić information content (AvgIpc) is 2.50. The molecule has 0 amide bonds. The molecule has 0 atom stereocenters. The summed E-state index contributed by atoms with van der Waals surface area (Å²) in [4.78, 5) is 8.35. The first kappa shape index (κ1) is 6.85. The second-order valence-corrected chi connectivity index (χ2v) is 3.14. The van der Waals surface area contributed by atoms with E-state index in [-0.39, 0.29) is 0 Å². The van der Waals surface area contributed by atoms with Crippen molar-refractivity contribution in [2.45, 2.75) is 11.4 Å². The van der Waals surface area contributed by atoms with Crippen molar-refractivity contribution < 1.29 is 0 Å². The summed E-state index contributed by atoms with van der Waals surface area (Å²) in [5.74, 6) is 0. The zero-order valence-electron chi connectivity index (χ0n) is 6.24. The molecule has 0 N–H and O–H groups in total. The fraction of sp³-hybridized carbons (Fsp3) is 0.250. The van der Waals surface area contributed by atoms with Crippen LogP contribution in [-0.4, -0.2) is 16.2 Å². The highest BCUT2D eigenvalue weighted by Crippen LogP contribution is 2.25. The van der Waals surface area contributed by atoms with Crippen LogP contribution in [0.5, 0.6) is 0 Å². The van der Waals surface area contributed by atoms with Crippen molar-refractivity contribution in [2.24, 2.45) is 0 Å². The topological polar surface area (TPSA) is 25.8 Å². The van der Waals surface area contributed by atoms with E-state index in [9.17, 15) is 0 Å². The van der Waals surface area contributed by atoms with E-state index in [4.69, 9.17) is 0 Å². The molecule has 0 aliphatic heterocycles. The molecule has 2 rings (SSSR count). The predicted molar refractivity (Wildman–Crippen MR) is 46.6 cm³/mol. The Hall–Kier alpha value is -0.830. The zero-order valence-corrected chi connectivity index (χ0v) is 7.06. The van der Waals surface area contributed by atoms with Crippen LogP contribution >= 0.6 is 11.8 Å². The molecule has 0 bridgehead atoms. The van der Waals surface area contributed by atoms with Gasteiger partial charge in [-0.05, 0) is 6.26 Å². The van der Waals surface area contributed by atoms with E-state index < -0.39 is 0 Å². The van der Waals surface area contributed by atoms with E-state index in [1.54, 1.807) is 18.1 Å². The van der Waals surface area contributed by atoms with E-state index in [1.165, 1.54) is 5.56 Å². The van der Waals surface area contributed by atoms with Crippen molar-refractivity contribution in [3.05, 3.63) is 23.7 Å². The largest absolute Gasteiger partial charge is 0.240 e. The van der Waals surface area contributed by atoms with Crippen LogP contribution in [0.4, 0.5) is 0 Å². The molecule has 1 aliphatic carbocycles. The molecule has 56 valence electrons. The Morgan fingerprint density at radius 1 is 1.45 bits per heavy atom. The van der Waals surface area contributed by atoms with E-state index in [2.05, 4.69) is 22.1 Å². The molecular weight excluding hydrogens is 156 g/mol. The van der Waals surface area contributed by atoms with Gasteiger partial charge in [0, 0.05) is 12.0 Å². The van der Waals surface area contributed by atoms with E-state index in [1.807, 2.05) is 6.26 Å². The normalized spacial score (nSPS) is 13.5. The highest BCUT2D eigenvalue weighted by Gasteiger charge is 2.10. The van der Waals surface area contributed by atoms with Gasteiger partial charge >= 0.3 is 0 Å². The lowest BCUT2D eigenvalue weighted by Crippen LogP contribution is -1.92. The number of hydrogen-bond donors (Lipinski definition) is 0. The van der Waals surface area contributed by atoms with Crippen LogP contribution in [0.25, 0.3) is 6.08 Å². The molecule has 1 aromatic heterocycles. The third-order valence-electron chi connectivity index (χ3n) is 1.72. The third kappa shape index (κ3) is 1.05. The van der Waals surface area contributed by atoms with Gasteiger partial charge in [-0.25, -0.2) is 9.97 Å². The Morgan fingerprint density at radius 3 is 3.18 bits per heavy atom. The smallest absolute Gasteiger partial charge is 0.117 e. The molecule has 2 nitrogen and oxygen atoms in total. The lowest BCUT2D eigenvalue weighted by molar-refractivity contribution is 0.983. The Balaban J connectivity index is 2.57. The van der Waals surface area contributed by atoms with Gasteiger partial charge in [-0.3, -0.25) is 0 Å². The molecule has 0 spiro atoms. The van der Waals surface area contributed by atoms with Gasteiger partial charge in [0.05, 0.1) is 5.69 Å². The Kier molecular flexibility index (Phi) is 1.66. The van der Waals surface area contributed by atoms with Crippen molar-refractivity contribution >= 4 is 17.8 Å². The van der Waals surface area contributed by atoms with Gasteiger partial charge in [-0.15, -0.1) is 11.8 Å². The summed E-state index contributed by atoms with van der Waals surface area (Å²) >= 11 is 1.67. The summed E-state index contributed by atoms with van der Waals surface area (Å²) in [6.45, 7) is 0. The number of allylic oxidation sites excluding steroid dienone is 1. The number of hydrogen-bond acceptors (Lipinski definition) is 3. The molecule has 0 radical (unpaired) electrons. The molecule has 1 aromatic rings. The van der Waals surface area contributed by atoms with Gasteiger partial charge in [0.25, 0.3) is 0 Å². The summed E-state index contributed by atoms with van der Waals surface area (Å²) in [5, 5.41) is 1.09. The lowest BCUT2D eigenvalue weighted by atomic mass is 10.3. The van der Waals surface area contributed by atoms with E-state index in [0.29, 0.717) is 0 Å². The van der Waals surface area contributed by atoms with Crippen LogP contribution in [0.2, 0.25) is 0 Å². The minimum absolute atomic E-state index is 0.964. The van der Waals surface area contributed by atoms with Gasteiger partial charge in [-0.1, -0.05) is 12.2 Å². The number of aromatic nitrogens is 2. The first-order valence-electron chi connectivity index (χ1n) is 3.46. The van der Waals surface area contributed by atoms with Crippen molar-refractivity contribution in [1.82, 2.24) is 9.97 Å². The number of thioether (sulfide) groups is 1. The van der Waals surface area contributed by atoms with E-state index in [0.717, 1.165) is 17.1 Å². The van der Waals surface area contributed by atoms with Gasteiger partial charge < -0.3 is 0 Å². The Labute approximate surface area is 69.8 Å². The number of rotatable bonds is 1. The number of fused-ring (bicyclic) bond motifs is 1. The first-order valence-corrected chi connectivity index (χ1v) is 4.68. The minimum Gasteiger partial charge on any atom is -0.240 e. The van der Waals surface area contributed by atoms with E-state index >= 15 is 0 Å². The molecule has 0 saturated heterocycles. The summed E-state index contributed by atoms with van der Waals surface area (Å²) in [5.41, 5.74) is 2.37. The van der Waals surface area contributed by atoms with Crippen LogP contribution in [0.3, 0.4) is 0 Å². The fourth-order valence-corrected chi connectivity index (χ4v) is 1.75. The predicted octanol–water partition coefficient (Wildman–Crippen LogP) is 1.77. The Morgan fingerprint density at radius 2 is 2.36 bits per heavy atom. The maximum Gasteiger partial charge on any atom is 0.117 e. The van der Waals surface area contributed by atoms with Crippen LogP contribution in [0.1, 0.15) is 11.3 Å². The fourth-order valence-electron chi connectivity index (χ4n) is 1.19. The van der Waals surface area contributed by atoms with Crippen LogP contribution in [0, 0.1) is 0 Å². The second kappa shape index (κ2) is 2.66. The van der Waals surface area contributed by atoms with Gasteiger partial charge in [0.15, 0.2) is 0 Å². The molecule has 1 aliphatic rings. The summed E-state index contributed by atoms with van der Waals surface area (Å²) in [6, 6.07) is 0. The molecule has 1 heterocycles. The summed E-state index contributed by atoms with van der Waals surface area (Å²) < 4.78 is 0. The SMILES string of the molecule is CSc1ncnc2c1C=CC2. The summed E-state index contributed by atoms with van der Waals surface area (Å²) in [7, 11) is 0. The van der Waals surface area contributed by atoms with Crippen LogP contribution in [0.15, 0.2) is 17.4 Å². The average molecular weight is 164 g/mol. The maximum absolute atomic E-state index is 4.18. The molecular formula is C8H8N2S. The van der Waals surface area contributed by atoms with Gasteiger partial charge in [-0.2, -0.15) is 0 Å². The zero-order chi connectivity index (χ0) is 7.68. The third-order valence-corrected chi connectivity index (χ3v) is 2.43. The summed E-state index contributed by atoms with van der Waals surface area (Å²) in [6.07, 6.45) is 8.86. The highest BCUT2D eigenvalue weighted by molar-refractivity contribution is 7.98. The maximum atomic E-state index is 4.18. The first-order chi connectivity index (χ1) is 5.42. The Bertz CT molecular complexity index is 307. The quantitative estimate of drug-likeness (QED) is 0.467. The van der Waals surface area contributed by atoms with Crippen molar-refractivity contribution in [3.63, 3.8) is 0 Å². The molecule has 11 heavy (non-hydrogen) atoms. The lowest BCUT2D eigenvalue weighted by Gasteiger charge is -2.00. The van der Waals surface area contributed by atoms with Crippen LogP contribution < -0.4 is 0 Å². The highest BCUT2D eigenvalue weighted by atomic mass is 32.2. The monoisotopic (exact) mass is 164 g/mol.